The van der Waals surface area contributed by atoms with Gasteiger partial charge in [0.15, 0.2) is 0 Å². The minimum Gasteiger partial charge on any atom is -0.354 e. The number of rotatable bonds is 3. The van der Waals surface area contributed by atoms with Crippen molar-refractivity contribution in [2.45, 2.75) is 0 Å². The van der Waals surface area contributed by atoms with Gasteiger partial charge in [-0.1, -0.05) is 5.16 Å². The van der Waals surface area contributed by atoms with Gasteiger partial charge in [-0.15, -0.1) is 0 Å². The molecule has 1 fully saturated rings. The summed E-state index contributed by atoms with van der Waals surface area (Å²) in [5.74, 6) is 1.99. The van der Waals surface area contributed by atoms with Gasteiger partial charge in [0.2, 0.25) is 5.82 Å². The largest absolute Gasteiger partial charge is 0.354 e. The highest BCUT2D eigenvalue weighted by atomic mass is 16.5. The Bertz CT molecular complexity index is 765. The summed E-state index contributed by atoms with van der Waals surface area (Å²) < 4.78 is 5.35. The lowest BCUT2D eigenvalue weighted by molar-refractivity contribution is 0.432. The van der Waals surface area contributed by atoms with E-state index in [4.69, 9.17) is 4.52 Å². The maximum absolute atomic E-state index is 5.35. The second-order valence-corrected chi connectivity index (χ2v) is 5.30. The van der Waals surface area contributed by atoms with Crippen molar-refractivity contribution in [2.75, 3.05) is 31.1 Å². The second kappa shape index (κ2) is 6.13. The van der Waals surface area contributed by atoms with Gasteiger partial charge in [0, 0.05) is 50.3 Å². The Morgan fingerprint density at radius 1 is 1.00 bits per heavy atom. The Balaban J connectivity index is 1.55. The molecule has 23 heavy (non-hydrogen) atoms. The molecule has 4 rings (SSSR count). The third-order valence-corrected chi connectivity index (χ3v) is 3.80. The number of nitrogens with one attached hydrogen (secondary N) is 1. The van der Waals surface area contributed by atoms with Crippen LogP contribution in [0.15, 0.2) is 47.4 Å². The summed E-state index contributed by atoms with van der Waals surface area (Å²) in [6.45, 7) is 3.92. The first kappa shape index (κ1) is 13.8. The zero-order valence-corrected chi connectivity index (χ0v) is 12.5. The van der Waals surface area contributed by atoms with Gasteiger partial charge < -0.3 is 14.7 Å². The van der Waals surface area contributed by atoms with Gasteiger partial charge in [0.25, 0.3) is 5.89 Å². The fraction of sp³-hybridized carbons (Fsp3) is 0.250. The maximum Gasteiger partial charge on any atom is 0.259 e. The maximum atomic E-state index is 5.35. The highest BCUT2D eigenvalue weighted by Gasteiger charge is 2.14. The molecule has 0 radical (unpaired) electrons. The van der Waals surface area contributed by atoms with Crippen LogP contribution in [0.3, 0.4) is 0 Å². The van der Waals surface area contributed by atoms with Crippen LogP contribution in [0, 0.1) is 0 Å². The molecule has 1 aliphatic rings. The molecule has 116 valence electrons. The molecule has 0 unspecified atom stereocenters. The molecule has 0 atom stereocenters. The topological polar surface area (TPSA) is 80.0 Å². The average molecular weight is 308 g/mol. The summed E-state index contributed by atoms with van der Waals surface area (Å²) in [6, 6.07) is 7.66. The fourth-order valence-electron chi connectivity index (χ4n) is 2.55. The predicted molar refractivity (Wildman–Crippen MR) is 85.8 cm³/mol. The minimum absolute atomic E-state index is 0.469. The molecule has 1 aliphatic heterocycles. The average Bonchev–Trinajstić information content (AvgIpc) is 3.14. The quantitative estimate of drug-likeness (QED) is 0.787. The van der Waals surface area contributed by atoms with Crippen LogP contribution in [0.5, 0.6) is 0 Å². The van der Waals surface area contributed by atoms with Gasteiger partial charge in [-0.2, -0.15) is 4.98 Å². The molecule has 4 heterocycles. The molecule has 1 saturated heterocycles. The molecule has 3 aromatic rings. The number of piperazine rings is 1. The molecular formula is C16H16N6O. The standard InChI is InChI=1S/C16H16N6O/c1-2-14(22-9-7-18-8-10-22)19-11-13(1)16-20-15(21-23-16)12-3-5-17-6-4-12/h1-6,11,18H,7-10H2. The van der Waals surface area contributed by atoms with Gasteiger partial charge in [0.05, 0.1) is 5.56 Å². The van der Waals surface area contributed by atoms with Crippen molar-refractivity contribution in [2.24, 2.45) is 0 Å². The molecule has 7 heteroatoms. The Morgan fingerprint density at radius 2 is 1.83 bits per heavy atom. The Morgan fingerprint density at radius 3 is 2.57 bits per heavy atom. The number of aromatic nitrogens is 4. The number of anilines is 1. The van der Waals surface area contributed by atoms with E-state index in [-0.39, 0.29) is 0 Å². The summed E-state index contributed by atoms with van der Waals surface area (Å²) in [6.07, 6.45) is 5.19. The lowest BCUT2D eigenvalue weighted by atomic mass is 10.2. The molecule has 0 saturated carbocycles. The molecule has 0 spiro atoms. The predicted octanol–water partition coefficient (Wildman–Crippen LogP) is 1.60. The number of pyridine rings is 2. The lowest BCUT2D eigenvalue weighted by Gasteiger charge is -2.28. The van der Waals surface area contributed by atoms with Gasteiger partial charge in [-0.3, -0.25) is 4.98 Å². The van der Waals surface area contributed by atoms with E-state index in [9.17, 15) is 0 Å². The monoisotopic (exact) mass is 308 g/mol. The van der Waals surface area contributed by atoms with E-state index in [2.05, 4.69) is 30.3 Å². The van der Waals surface area contributed by atoms with Crippen LogP contribution in [-0.2, 0) is 0 Å². The first-order chi connectivity index (χ1) is 11.4. The summed E-state index contributed by atoms with van der Waals surface area (Å²) in [7, 11) is 0. The van der Waals surface area contributed by atoms with Crippen molar-refractivity contribution in [1.82, 2.24) is 25.4 Å². The molecular weight excluding hydrogens is 292 g/mol. The lowest BCUT2D eigenvalue weighted by Crippen LogP contribution is -2.43. The van der Waals surface area contributed by atoms with E-state index in [0.29, 0.717) is 11.7 Å². The first-order valence-electron chi connectivity index (χ1n) is 7.56. The Kier molecular flexibility index (Phi) is 3.69. The fourth-order valence-corrected chi connectivity index (χ4v) is 2.55. The molecule has 3 aromatic heterocycles. The zero-order chi connectivity index (χ0) is 15.5. The van der Waals surface area contributed by atoms with Crippen molar-refractivity contribution in [3.8, 4) is 22.8 Å². The summed E-state index contributed by atoms with van der Waals surface area (Å²) in [4.78, 5) is 15.2. The second-order valence-electron chi connectivity index (χ2n) is 5.30. The van der Waals surface area contributed by atoms with Crippen LogP contribution < -0.4 is 10.2 Å². The van der Waals surface area contributed by atoms with Crippen molar-refractivity contribution in [3.05, 3.63) is 42.9 Å². The Hall–Kier alpha value is -2.80. The molecule has 0 aromatic carbocycles. The van der Waals surface area contributed by atoms with E-state index in [1.54, 1.807) is 18.6 Å². The van der Waals surface area contributed by atoms with E-state index < -0.39 is 0 Å². The number of nitrogens with zero attached hydrogens (tertiary/aromatic N) is 5. The number of hydrogen-bond acceptors (Lipinski definition) is 7. The van der Waals surface area contributed by atoms with E-state index in [1.807, 2.05) is 24.3 Å². The van der Waals surface area contributed by atoms with Crippen LogP contribution in [-0.4, -0.2) is 46.3 Å². The minimum atomic E-state index is 0.469. The highest BCUT2D eigenvalue weighted by Crippen LogP contribution is 2.22. The van der Waals surface area contributed by atoms with Crippen molar-refractivity contribution >= 4 is 5.82 Å². The van der Waals surface area contributed by atoms with E-state index in [1.165, 1.54) is 0 Å². The third kappa shape index (κ3) is 2.91. The smallest absolute Gasteiger partial charge is 0.259 e. The third-order valence-electron chi connectivity index (χ3n) is 3.80. The van der Waals surface area contributed by atoms with Crippen LogP contribution in [0.1, 0.15) is 0 Å². The van der Waals surface area contributed by atoms with Crippen molar-refractivity contribution < 1.29 is 4.52 Å². The molecule has 0 amide bonds. The number of hydrogen-bond donors (Lipinski definition) is 1. The highest BCUT2D eigenvalue weighted by molar-refractivity contribution is 5.59. The molecule has 7 nitrogen and oxygen atoms in total. The van der Waals surface area contributed by atoms with E-state index >= 15 is 0 Å². The zero-order valence-electron chi connectivity index (χ0n) is 12.5. The van der Waals surface area contributed by atoms with Gasteiger partial charge in [-0.25, -0.2) is 4.98 Å². The molecule has 0 bridgehead atoms. The summed E-state index contributed by atoms with van der Waals surface area (Å²) in [5, 5.41) is 7.35. The molecule has 1 N–H and O–H groups in total. The van der Waals surface area contributed by atoms with Gasteiger partial charge >= 0.3 is 0 Å². The van der Waals surface area contributed by atoms with Crippen molar-refractivity contribution in [3.63, 3.8) is 0 Å². The summed E-state index contributed by atoms with van der Waals surface area (Å²) in [5.41, 5.74) is 1.69. The van der Waals surface area contributed by atoms with Crippen LogP contribution in [0.25, 0.3) is 22.8 Å². The van der Waals surface area contributed by atoms with Crippen LogP contribution in [0.4, 0.5) is 5.82 Å². The first-order valence-corrected chi connectivity index (χ1v) is 7.56. The Labute approximate surface area is 133 Å². The van der Waals surface area contributed by atoms with Gasteiger partial charge in [0.1, 0.15) is 5.82 Å². The normalized spacial score (nSPS) is 14.9. The van der Waals surface area contributed by atoms with Crippen LogP contribution >= 0.6 is 0 Å². The SMILES string of the molecule is c1cc(-c2noc(-c3ccc(N4CCNCC4)nc3)n2)ccn1. The van der Waals surface area contributed by atoms with E-state index in [0.717, 1.165) is 43.1 Å². The summed E-state index contributed by atoms with van der Waals surface area (Å²) >= 11 is 0. The molecule has 0 aliphatic carbocycles. The van der Waals surface area contributed by atoms with Crippen LogP contribution in [0.2, 0.25) is 0 Å². The van der Waals surface area contributed by atoms with Crippen molar-refractivity contribution in [1.29, 1.82) is 0 Å². The van der Waals surface area contributed by atoms with Gasteiger partial charge in [-0.05, 0) is 24.3 Å².